The molecule has 2 heterocycles. The number of rotatable bonds is 3. The third kappa shape index (κ3) is 3.42. The lowest BCUT2D eigenvalue weighted by Gasteiger charge is -2.32. The number of carbonyl (C=O) groups is 1. The predicted molar refractivity (Wildman–Crippen MR) is 66.8 cm³/mol. The van der Waals surface area contributed by atoms with Gasteiger partial charge in [0.25, 0.3) is 0 Å². The molecule has 2 aliphatic rings. The Kier molecular flexibility index (Phi) is 4.40. The Hall–Kier alpha value is -0.610. The van der Waals surface area contributed by atoms with Gasteiger partial charge in [-0.3, -0.25) is 4.79 Å². The molecule has 2 fully saturated rings. The molecule has 2 saturated heterocycles. The molecule has 0 radical (unpaired) electrons. The molecule has 0 aromatic carbocycles. The van der Waals surface area contributed by atoms with E-state index in [-0.39, 0.29) is 11.9 Å². The average molecular weight is 240 g/mol. The highest BCUT2D eigenvalue weighted by atomic mass is 16.5. The molecule has 3 unspecified atom stereocenters. The van der Waals surface area contributed by atoms with Crippen molar-refractivity contribution in [1.29, 1.82) is 0 Å². The van der Waals surface area contributed by atoms with Crippen molar-refractivity contribution < 1.29 is 9.53 Å². The predicted octanol–water partition coefficient (Wildman–Crippen LogP) is 1.06. The second-order valence-electron chi connectivity index (χ2n) is 5.53. The Morgan fingerprint density at radius 1 is 1.41 bits per heavy atom. The molecular weight excluding hydrogens is 216 g/mol. The van der Waals surface area contributed by atoms with E-state index in [0.29, 0.717) is 18.1 Å². The molecule has 17 heavy (non-hydrogen) atoms. The standard InChI is InChI=1S/C13H24N2O2/c1-9(2)12-8-10(5-7-17-12)15-13(16)11-4-3-6-14-11/h9-12,14H,3-8H2,1-2H3,(H,15,16). The number of amides is 1. The van der Waals surface area contributed by atoms with Gasteiger partial charge in [0.2, 0.25) is 5.91 Å². The van der Waals surface area contributed by atoms with Crippen LogP contribution in [-0.2, 0) is 9.53 Å². The Labute approximate surface area is 103 Å². The second-order valence-corrected chi connectivity index (χ2v) is 5.53. The lowest BCUT2D eigenvalue weighted by atomic mass is 9.95. The monoisotopic (exact) mass is 240 g/mol. The van der Waals surface area contributed by atoms with Crippen molar-refractivity contribution in [3.8, 4) is 0 Å². The summed E-state index contributed by atoms with van der Waals surface area (Å²) in [5.41, 5.74) is 0. The van der Waals surface area contributed by atoms with E-state index in [9.17, 15) is 4.79 Å². The molecule has 1 amide bonds. The van der Waals surface area contributed by atoms with Gasteiger partial charge >= 0.3 is 0 Å². The maximum absolute atomic E-state index is 12.0. The molecule has 2 aliphatic heterocycles. The maximum Gasteiger partial charge on any atom is 0.237 e. The first-order valence-electron chi connectivity index (χ1n) is 6.82. The van der Waals surface area contributed by atoms with Gasteiger partial charge in [-0.05, 0) is 38.1 Å². The molecule has 0 spiro atoms. The van der Waals surface area contributed by atoms with Crippen LogP contribution >= 0.6 is 0 Å². The van der Waals surface area contributed by atoms with Gasteiger partial charge in [-0.2, -0.15) is 0 Å². The van der Waals surface area contributed by atoms with Gasteiger partial charge < -0.3 is 15.4 Å². The number of nitrogens with one attached hydrogen (secondary N) is 2. The van der Waals surface area contributed by atoms with Gasteiger partial charge in [-0.15, -0.1) is 0 Å². The molecule has 0 aromatic heterocycles. The summed E-state index contributed by atoms with van der Waals surface area (Å²) in [7, 11) is 0. The fourth-order valence-electron chi connectivity index (χ4n) is 2.63. The first-order valence-corrected chi connectivity index (χ1v) is 6.82. The van der Waals surface area contributed by atoms with E-state index in [0.717, 1.165) is 38.8 Å². The third-order valence-electron chi connectivity index (χ3n) is 3.78. The Morgan fingerprint density at radius 2 is 2.24 bits per heavy atom. The van der Waals surface area contributed by atoms with Crippen molar-refractivity contribution in [2.24, 2.45) is 5.92 Å². The normalized spacial score (nSPS) is 33.9. The fraction of sp³-hybridized carbons (Fsp3) is 0.923. The zero-order chi connectivity index (χ0) is 12.3. The van der Waals surface area contributed by atoms with Crippen molar-refractivity contribution in [2.45, 2.75) is 57.7 Å². The average Bonchev–Trinajstić information content (AvgIpc) is 2.82. The largest absolute Gasteiger partial charge is 0.378 e. The summed E-state index contributed by atoms with van der Waals surface area (Å²) in [5.74, 6) is 0.705. The maximum atomic E-state index is 12.0. The number of hydrogen-bond acceptors (Lipinski definition) is 3. The summed E-state index contributed by atoms with van der Waals surface area (Å²) in [4.78, 5) is 12.0. The topological polar surface area (TPSA) is 50.4 Å². The van der Waals surface area contributed by atoms with Crippen LogP contribution in [0, 0.1) is 5.92 Å². The summed E-state index contributed by atoms with van der Waals surface area (Å²) in [6, 6.07) is 0.335. The van der Waals surface area contributed by atoms with E-state index in [2.05, 4.69) is 24.5 Å². The van der Waals surface area contributed by atoms with E-state index in [4.69, 9.17) is 4.74 Å². The first-order chi connectivity index (χ1) is 8.16. The Bertz CT molecular complexity index is 262. The van der Waals surface area contributed by atoms with Gasteiger partial charge in [0.05, 0.1) is 12.1 Å². The highest BCUT2D eigenvalue weighted by Crippen LogP contribution is 2.20. The second kappa shape index (κ2) is 5.83. The van der Waals surface area contributed by atoms with Gasteiger partial charge in [-0.1, -0.05) is 13.8 Å². The van der Waals surface area contributed by atoms with E-state index in [1.807, 2.05) is 0 Å². The Balaban J connectivity index is 1.79. The Morgan fingerprint density at radius 3 is 2.88 bits per heavy atom. The van der Waals surface area contributed by atoms with Crippen molar-refractivity contribution in [2.75, 3.05) is 13.2 Å². The van der Waals surface area contributed by atoms with Gasteiger partial charge in [0.1, 0.15) is 0 Å². The number of carbonyl (C=O) groups excluding carboxylic acids is 1. The molecule has 3 atom stereocenters. The van der Waals surface area contributed by atoms with Gasteiger partial charge in [0, 0.05) is 12.6 Å². The minimum atomic E-state index is 0.0374. The molecule has 98 valence electrons. The van der Waals surface area contributed by atoms with Crippen molar-refractivity contribution >= 4 is 5.91 Å². The fourth-order valence-corrected chi connectivity index (χ4v) is 2.63. The smallest absolute Gasteiger partial charge is 0.237 e. The van der Waals surface area contributed by atoms with Crippen LogP contribution in [0.25, 0.3) is 0 Å². The summed E-state index contributed by atoms with van der Waals surface area (Å²) >= 11 is 0. The molecule has 0 saturated carbocycles. The van der Waals surface area contributed by atoms with Crippen molar-refractivity contribution in [1.82, 2.24) is 10.6 Å². The van der Waals surface area contributed by atoms with E-state index < -0.39 is 0 Å². The summed E-state index contributed by atoms with van der Waals surface area (Å²) in [6.07, 6.45) is 4.28. The van der Waals surface area contributed by atoms with Crippen LogP contribution in [0.5, 0.6) is 0 Å². The van der Waals surface area contributed by atoms with Crippen LogP contribution in [-0.4, -0.2) is 37.2 Å². The van der Waals surface area contributed by atoms with Crippen LogP contribution < -0.4 is 10.6 Å². The molecule has 0 bridgehead atoms. The van der Waals surface area contributed by atoms with E-state index >= 15 is 0 Å². The summed E-state index contributed by atoms with van der Waals surface area (Å²) in [5, 5.41) is 6.40. The van der Waals surface area contributed by atoms with Gasteiger partial charge in [-0.25, -0.2) is 0 Å². The summed E-state index contributed by atoms with van der Waals surface area (Å²) in [6.45, 7) is 6.09. The molecule has 2 rings (SSSR count). The molecule has 2 N–H and O–H groups in total. The number of hydrogen-bond donors (Lipinski definition) is 2. The van der Waals surface area contributed by atoms with Crippen LogP contribution in [0.15, 0.2) is 0 Å². The molecule has 0 aromatic rings. The molecular formula is C13H24N2O2. The molecule has 0 aliphatic carbocycles. The van der Waals surface area contributed by atoms with Gasteiger partial charge in [0.15, 0.2) is 0 Å². The molecule has 4 nitrogen and oxygen atoms in total. The highest BCUT2D eigenvalue weighted by Gasteiger charge is 2.28. The summed E-state index contributed by atoms with van der Waals surface area (Å²) < 4.78 is 5.71. The third-order valence-corrected chi connectivity index (χ3v) is 3.78. The zero-order valence-corrected chi connectivity index (χ0v) is 10.9. The lowest BCUT2D eigenvalue weighted by Crippen LogP contribution is -2.48. The minimum absolute atomic E-state index is 0.0374. The van der Waals surface area contributed by atoms with E-state index in [1.54, 1.807) is 0 Å². The molecule has 4 heteroatoms. The first kappa shape index (κ1) is 12.8. The lowest BCUT2D eigenvalue weighted by molar-refractivity contribution is -0.124. The minimum Gasteiger partial charge on any atom is -0.378 e. The van der Waals surface area contributed by atoms with Crippen LogP contribution in [0.2, 0.25) is 0 Å². The highest BCUT2D eigenvalue weighted by molar-refractivity contribution is 5.82. The quantitative estimate of drug-likeness (QED) is 0.775. The van der Waals surface area contributed by atoms with Crippen LogP contribution in [0.4, 0.5) is 0 Å². The van der Waals surface area contributed by atoms with Crippen molar-refractivity contribution in [3.05, 3.63) is 0 Å². The zero-order valence-electron chi connectivity index (χ0n) is 10.9. The SMILES string of the molecule is CC(C)C1CC(NC(=O)C2CCCN2)CCO1. The van der Waals surface area contributed by atoms with Crippen molar-refractivity contribution in [3.63, 3.8) is 0 Å². The number of ether oxygens (including phenoxy) is 1. The van der Waals surface area contributed by atoms with Crippen LogP contribution in [0.3, 0.4) is 0 Å². The van der Waals surface area contributed by atoms with E-state index in [1.165, 1.54) is 0 Å². The van der Waals surface area contributed by atoms with Crippen LogP contribution in [0.1, 0.15) is 39.5 Å².